The van der Waals surface area contributed by atoms with Crippen molar-refractivity contribution in [3.8, 4) is 32.4 Å². The Bertz CT molecular complexity index is 1950. The number of fused-ring (bicyclic) bond motifs is 2. The lowest BCUT2D eigenvalue weighted by atomic mass is 10.1. The number of methoxy groups -OCH3 is 2. The van der Waals surface area contributed by atoms with Gasteiger partial charge in [0.05, 0.1) is 23.8 Å². The summed E-state index contributed by atoms with van der Waals surface area (Å²) in [5.41, 5.74) is 5.53. The Balaban J connectivity index is 1.23. The van der Waals surface area contributed by atoms with E-state index in [1.165, 1.54) is 24.7 Å². The molecule has 0 fully saturated rings. The number of anilines is 3. The van der Waals surface area contributed by atoms with Gasteiger partial charge in [-0.05, 0) is 77.9 Å². The van der Waals surface area contributed by atoms with Crippen molar-refractivity contribution >= 4 is 87.5 Å². The van der Waals surface area contributed by atoms with E-state index in [9.17, 15) is 4.79 Å². The van der Waals surface area contributed by atoms with Crippen molar-refractivity contribution in [3.05, 3.63) is 101 Å². The van der Waals surface area contributed by atoms with Gasteiger partial charge in [0.15, 0.2) is 6.29 Å². The van der Waals surface area contributed by atoms with E-state index in [-0.39, 0.29) is 0 Å². The van der Waals surface area contributed by atoms with Crippen LogP contribution < -0.4 is 14.4 Å². The SMILES string of the molecule is COc1ccc(N(c2ccc(-c3cc4sc(C=O)cc4s3)cc2)c2ccc(-c3cc4scc(OC)c4s3)cc2)cc1. The zero-order valence-corrected chi connectivity index (χ0v) is 25.4. The molecule has 3 aromatic carbocycles. The largest absolute Gasteiger partial charge is 0.497 e. The number of benzene rings is 3. The highest BCUT2D eigenvalue weighted by Gasteiger charge is 2.16. The monoisotopic (exact) mass is 609 g/mol. The topological polar surface area (TPSA) is 38.8 Å². The molecule has 0 aliphatic heterocycles. The number of rotatable bonds is 8. The fourth-order valence-electron chi connectivity index (χ4n) is 4.87. The quantitative estimate of drug-likeness (QED) is 0.161. The van der Waals surface area contributed by atoms with Crippen LogP contribution >= 0.6 is 45.3 Å². The average Bonchev–Trinajstić information content (AvgIpc) is 3.79. The molecule has 7 rings (SSSR count). The van der Waals surface area contributed by atoms with Crippen molar-refractivity contribution in [2.75, 3.05) is 19.1 Å². The fourth-order valence-corrected chi connectivity index (χ4v) is 9.41. The van der Waals surface area contributed by atoms with Gasteiger partial charge in [-0.25, -0.2) is 0 Å². The van der Waals surface area contributed by atoms with E-state index in [0.29, 0.717) is 0 Å². The van der Waals surface area contributed by atoms with E-state index in [2.05, 4.69) is 83.1 Å². The smallest absolute Gasteiger partial charge is 0.160 e. The van der Waals surface area contributed by atoms with Crippen LogP contribution in [0.2, 0.25) is 0 Å². The Labute approximate surface area is 253 Å². The Morgan fingerprint density at radius 2 is 1.20 bits per heavy atom. The Kier molecular flexibility index (Phi) is 6.84. The van der Waals surface area contributed by atoms with Gasteiger partial charge < -0.3 is 14.4 Å². The molecule has 0 amide bonds. The predicted octanol–water partition coefficient (Wildman–Crippen LogP) is 10.9. The number of hydrogen-bond acceptors (Lipinski definition) is 8. The maximum atomic E-state index is 11.1. The van der Waals surface area contributed by atoms with Crippen LogP contribution in [0.3, 0.4) is 0 Å². The molecule has 0 radical (unpaired) electrons. The summed E-state index contributed by atoms with van der Waals surface area (Å²) in [5, 5.41) is 2.07. The van der Waals surface area contributed by atoms with E-state index >= 15 is 0 Å². The van der Waals surface area contributed by atoms with Crippen molar-refractivity contribution < 1.29 is 14.3 Å². The number of nitrogens with zero attached hydrogens (tertiary/aromatic N) is 1. The van der Waals surface area contributed by atoms with E-state index in [1.807, 2.05) is 18.2 Å². The molecule has 0 atom stereocenters. The summed E-state index contributed by atoms with van der Waals surface area (Å²) in [5.74, 6) is 1.77. The van der Waals surface area contributed by atoms with Crippen LogP contribution in [0.4, 0.5) is 17.1 Å². The summed E-state index contributed by atoms with van der Waals surface area (Å²) >= 11 is 6.74. The number of ether oxygens (including phenoxy) is 2. The van der Waals surface area contributed by atoms with Crippen LogP contribution in [-0.2, 0) is 0 Å². The second-order valence-electron chi connectivity index (χ2n) is 9.34. The highest BCUT2D eigenvalue weighted by Crippen LogP contribution is 2.44. The lowest BCUT2D eigenvalue weighted by molar-refractivity contribution is 0.112. The fraction of sp³-hybridized carbons (Fsp3) is 0.0606. The van der Waals surface area contributed by atoms with Crippen molar-refractivity contribution in [3.63, 3.8) is 0 Å². The van der Waals surface area contributed by atoms with Crippen LogP contribution in [0.15, 0.2) is 96.4 Å². The molecule has 4 aromatic heterocycles. The molecule has 4 nitrogen and oxygen atoms in total. The van der Waals surface area contributed by atoms with Crippen LogP contribution in [-0.4, -0.2) is 20.5 Å². The van der Waals surface area contributed by atoms with Crippen molar-refractivity contribution in [2.24, 2.45) is 0 Å². The van der Waals surface area contributed by atoms with Gasteiger partial charge in [-0.3, -0.25) is 4.79 Å². The summed E-state index contributed by atoms with van der Waals surface area (Å²) in [6.07, 6.45) is 0.923. The normalized spacial score (nSPS) is 11.3. The molecule has 0 unspecified atom stereocenters. The first-order valence-electron chi connectivity index (χ1n) is 12.8. The Morgan fingerprint density at radius 3 is 1.76 bits per heavy atom. The summed E-state index contributed by atoms with van der Waals surface area (Å²) in [6, 6.07) is 31.9. The van der Waals surface area contributed by atoms with Gasteiger partial charge in [0.25, 0.3) is 0 Å². The minimum atomic E-state index is 0.771. The molecular weight excluding hydrogens is 587 g/mol. The summed E-state index contributed by atoms with van der Waals surface area (Å²) in [4.78, 5) is 16.6. The van der Waals surface area contributed by atoms with E-state index < -0.39 is 0 Å². The number of aldehydes is 1. The third-order valence-electron chi connectivity index (χ3n) is 6.93. The lowest BCUT2D eigenvalue weighted by Gasteiger charge is -2.26. The molecule has 7 aromatic rings. The number of carbonyl (C=O) groups is 1. The number of hydrogen-bond donors (Lipinski definition) is 0. The highest BCUT2D eigenvalue weighted by atomic mass is 32.1. The summed E-state index contributed by atoms with van der Waals surface area (Å²) < 4.78 is 15.7. The third-order valence-corrected chi connectivity index (χ3v) is 11.4. The standard InChI is InChI=1S/C33H23NO3S4/c1-36-25-13-11-24(12-14-25)34(22-7-3-20(4-8-22)28-16-31-30(40-28)15-26(18-35)39-31)23-9-5-21(6-10-23)29-17-32-33(41-29)27(37-2)19-38-32/h3-19H,1-2H3. The molecule has 0 N–H and O–H groups in total. The molecule has 8 heteroatoms. The van der Waals surface area contributed by atoms with E-state index in [0.717, 1.165) is 54.7 Å². The molecule has 0 spiro atoms. The van der Waals surface area contributed by atoms with Crippen LogP contribution in [0.25, 0.3) is 39.7 Å². The van der Waals surface area contributed by atoms with Crippen LogP contribution in [0.5, 0.6) is 11.5 Å². The highest BCUT2D eigenvalue weighted by molar-refractivity contribution is 7.30. The predicted molar refractivity (Wildman–Crippen MR) is 177 cm³/mol. The van der Waals surface area contributed by atoms with Gasteiger partial charge in [-0.1, -0.05) is 24.3 Å². The molecule has 0 saturated heterocycles. The minimum Gasteiger partial charge on any atom is -0.497 e. The molecule has 4 heterocycles. The van der Waals surface area contributed by atoms with Gasteiger partial charge in [0, 0.05) is 46.3 Å². The second kappa shape index (κ2) is 10.8. The Hall–Kier alpha value is -3.95. The summed E-state index contributed by atoms with van der Waals surface area (Å²) in [7, 11) is 3.41. The van der Waals surface area contributed by atoms with Gasteiger partial charge in [-0.15, -0.1) is 45.3 Å². The third kappa shape index (κ3) is 4.83. The molecule has 0 aliphatic carbocycles. The number of carbonyl (C=O) groups excluding carboxylic acids is 1. The van der Waals surface area contributed by atoms with Crippen molar-refractivity contribution in [2.45, 2.75) is 0 Å². The number of thiophene rings is 4. The van der Waals surface area contributed by atoms with Gasteiger partial charge in [-0.2, -0.15) is 0 Å². The van der Waals surface area contributed by atoms with Gasteiger partial charge in [0.2, 0.25) is 0 Å². The first kappa shape index (κ1) is 26.0. The summed E-state index contributed by atoms with van der Waals surface area (Å²) in [6.45, 7) is 0. The Morgan fingerprint density at radius 1 is 0.634 bits per heavy atom. The maximum absolute atomic E-state index is 11.1. The molecule has 0 aliphatic rings. The minimum absolute atomic E-state index is 0.771. The van der Waals surface area contributed by atoms with Gasteiger partial charge in [0.1, 0.15) is 11.5 Å². The van der Waals surface area contributed by atoms with Crippen molar-refractivity contribution in [1.29, 1.82) is 0 Å². The van der Waals surface area contributed by atoms with Crippen LogP contribution in [0.1, 0.15) is 9.67 Å². The first-order valence-corrected chi connectivity index (χ1v) is 16.1. The lowest BCUT2D eigenvalue weighted by Crippen LogP contribution is -2.09. The molecule has 41 heavy (non-hydrogen) atoms. The maximum Gasteiger partial charge on any atom is 0.160 e. The zero-order valence-electron chi connectivity index (χ0n) is 22.1. The average molecular weight is 610 g/mol. The first-order chi connectivity index (χ1) is 20.1. The van der Waals surface area contributed by atoms with Crippen LogP contribution in [0, 0.1) is 0 Å². The molecular formula is C33H23NO3S4. The molecule has 202 valence electrons. The van der Waals surface area contributed by atoms with E-state index in [4.69, 9.17) is 9.47 Å². The van der Waals surface area contributed by atoms with Crippen molar-refractivity contribution in [1.82, 2.24) is 0 Å². The zero-order chi connectivity index (χ0) is 27.9. The van der Waals surface area contributed by atoms with Gasteiger partial charge >= 0.3 is 0 Å². The molecule has 0 saturated carbocycles. The van der Waals surface area contributed by atoms with E-state index in [1.54, 1.807) is 59.6 Å². The second-order valence-corrected chi connectivity index (χ2v) is 13.5. The molecule has 0 bridgehead atoms.